The van der Waals surface area contributed by atoms with Crippen molar-refractivity contribution in [2.45, 2.75) is 76.8 Å². The number of fused-ring (bicyclic) bond motifs is 3. The number of carbonyl (C=O) groups excluding carboxylic acids is 1. The molecule has 2 aliphatic heterocycles. The first kappa shape index (κ1) is 24.1. The predicted molar refractivity (Wildman–Crippen MR) is 131 cm³/mol. The third-order valence-electron chi connectivity index (χ3n) is 8.34. The van der Waals surface area contributed by atoms with Crippen LogP contribution < -0.4 is 0 Å². The molecule has 5 rings (SSSR count). The first-order valence-corrected chi connectivity index (χ1v) is 13.1. The summed E-state index contributed by atoms with van der Waals surface area (Å²) in [6.45, 7) is 5.12. The van der Waals surface area contributed by atoms with Crippen LogP contribution in [-0.4, -0.2) is 58.5 Å². The standard InChI is InChI=1S/C27H37N3O5/c1-17(14-18-4-3-13-35-16-18)30-23-10-9-19-11-12-29(27(33)34-2)15-22(19)24(23)28-25(30)20-5-7-21(8-6-20)26(31)32/h9-10,17-18,20-21H,3-8,11-16H2,1-2H3,(H,31,32)/t17-,18+,20?,21?/m0/s1. The van der Waals surface area contributed by atoms with E-state index in [0.29, 0.717) is 31.8 Å². The van der Waals surface area contributed by atoms with Crippen molar-refractivity contribution < 1.29 is 24.2 Å². The average Bonchev–Trinajstić information content (AvgIpc) is 3.29. The SMILES string of the molecule is COC(=O)N1CCc2ccc3c(nc(C4CCC(C(=O)O)CC4)n3[C@@H](C)C[C@H]3CCCOC3)c2C1. The molecule has 2 atom stereocenters. The molecule has 8 nitrogen and oxygen atoms in total. The molecule has 3 heterocycles. The lowest BCUT2D eigenvalue weighted by molar-refractivity contribution is -0.142. The average molecular weight is 484 g/mol. The molecule has 3 aliphatic rings. The molecule has 1 aromatic heterocycles. The lowest BCUT2D eigenvalue weighted by atomic mass is 9.81. The smallest absolute Gasteiger partial charge is 0.409 e. The van der Waals surface area contributed by atoms with Crippen molar-refractivity contribution in [3.05, 3.63) is 29.1 Å². The van der Waals surface area contributed by atoms with E-state index in [9.17, 15) is 14.7 Å². The zero-order chi connectivity index (χ0) is 24.5. The molecule has 1 saturated carbocycles. The molecule has 2 aromatic rings. The van der Waals surface area contributed by atoms with Gasteiger partial charge in [0.1, 0.15) is 5.82 Å². The Kier molecular flexibility index (Phi) is 7.00. The van der Waals surface area contributed by atoms with Gasteiger partial charge in [0.15, 0.2) is 0 Å². The second kappa shape index (κ2) is 10.2. The van der Waals surface area contributed by atoms with Crippen molar-refractivity contribution in [2.75, 3.05) is 26.9 Å². The number of imidazole rings is 1. The highest BCUT2D eigenvalue weighted by Gasteiger charge is 2.33. The van der Waals surface area contributed by atoms with E-state index < -0.39 is 5.97 Å². The van der Waals surface area contributed by atoms with Crippen molar-refractivity contribution in [3.8, 4) is 0 Å². The van der Waals surface area contributed by atoms with Gasteiger partial charge in [-0.15, -0.1) is 0 Å². The minimum absolute atomic E-state index is 0.248. The van der Waals surface area contributed by atoms with Crippen LogP contribution in [0.2, 0.25) is 0 Å². The van der Waals surface area contributed by atoms with Crippen LogP contribution in [-0.2, 0) is 27.2 Å². The summed E-state index contributed by atoms with van der Waals surface area (Å²) in [6, 6.07) is 4.67. The van der Waals surface area contributed by atoms with Gasteiger partial charge in [-0.05, 0) is 75.8 Å². The molecule has 1 saturated heterocycles. The normalized spacial score (nSPS) is 25.8. The Morgan fingerprint density at radius 3 is 2.71 bits per heavy atom. The van der Waals surface area contributed by atoms with E-state index in [2.05, 4.69) is 23.6 Å². The molecule has 1 aliphatic carbocycles. The molecule has 35 heavy (non-hydrogen) atoms. The van der Waals surface area contributed by atoms with Crippen LogP contribution >= 0.6 is 0 Å². The fourth-order valence-corrected chi connectivity index (χ4v) is 6.43. The van der Waals surface area contributed by atoms with Gasteiger partial charge in [-0.2, -0.15) is 0 Å². The summed E-state index contributed by atoms with van der Waals surface area (Å²) < 4.78 is 13.2. The van der Waals surface area contributed by atoms with Crippen molar-refractivity contribution >= 4 is 23.1 Å². The molecule has 0 spiro atoms. The van der Waals surface area contributed by atoms with Crippen LogP contribution in [0.15, 0.2) is 12.1 Å². The van der Waals surface area contributed by atoms with E-state index in [0.717, 1.165) is 67.7 Å². The summed E-state index contributed by atoms with van der Waals surface area (Å²) in [6.07, 6.45) is 6.92. The Bertz CT molecular complexity index is 1080. The fourth-order valence-electron chi connectivity index (χ4n) is 6.43. The maximum absolute atomic E-state index is 12.3. The van der Waals surface area contributed by atoms with E-state index in [-0.39, 0.29) is 24.0 Å². The summed E-state index contributed by atoms with van der Waals surface area (Å²) in [5, 5.41) is 9.48. The molecule has 1 aromatic carbocycles. The summed E-state index contributed by atoms with van der Waals surface area (Å²) in [7, 11) is 1.43. The van der Waals surface area contributed by atoms with E-state index in [1.165, 1.54) is 19.1 Å². The Hall–Kier alpha value is -2.61. The van der Waals surface area contributed by atoms with Crippen LogP contribution in [0.5, 0.6) is 0 Å². The van der Waals surface area contributed by atoms with Gasteiger partial charge in [-0.25, -0.2) is 9.78 Å². The van der Waals surface area contributed by atoms with Crippen LogP contribution in [0, 0.1) is 11.8 Å². The zero-order valence-electron chi connectivity index (χ0n) is 20.9. The van der Waals surface area contributed by atoms with E-state index >= 15 is 0 Å². The predicted octanol–water partition coefficient (Wildman–Crippen LogP) is 4.90. The number of carboxylic acid groups (broad SMARTS) is 1. The number of aliphatic carboxylic acids is 1. The van der Waals surface area contributed by atoms with Gasteiger partial charge in [0.2, 0.25) is 0 Å². The second-order valence-corrected chi connectivity index (χ2v) is 10.6. The fraction of sp³-hybridized carbons (Fsp3) is 0.667. The number of aromatic nitrogens is 2. The molecule has 2 fully saturated rings. The maximum atomic E-state index is 12.3. The summed E-state index contributed by atoms with van der Waals surface area (Å²) >= 11 is 0. The summed E-state index contributed by atoms with van der Waals surface area (Å²) in [5.74, 6) is 0.941. The Balaban J connectivity index is 1.52. The molecule has 0 bridgehead atoms. The molecule has 1 N–H and O–H groups in total. The summed E-state index contributed by atoms with van der Waals surface area (Å²) in [4.78, 5) is 30.8. The lowest BCUT2D eigenvalue weighted by Crippen LogP contribution is -2.35. The topological polar surface area (TPSA) is 93.9 Å². The Labute approximate surface area is 206 Å². The highest BCUT2D eigenvalue weighted by molar-refractivity contribution is 5.82. The third-order valence-corrected chi connectivity index (χ3v) is 8.34. The van der Waals surface area contributed by atoms with Crippen molar-refractivity contribution in [1.29, 1.82) is 0 Å². The highest BCUT2D eigenvalue weighted by atomic mass is 16.5. The number of hydrogen-bond acceptors (Lipinski definition) is 5. The first-order valence-electron chi connectivity index (χ1n) is 13.1. The van der Waals surface area contributed by atoms with Crippen LogP contribution in [0.3, 0.4) is 0 Å². The van der Waals surface area contributed by atoms with E-state index in [1.807, 2.05) is 0 Å². The molecule has 0 radical (unpaired) electrons. The van der Waals surface area contributed by atoms with Gasteiger partial charge < -0.3 is 24.0 Å². The third kappa shape index (κ3) is 4.77. The number of amides is 1. The second-order valence-electron chi connectivity index (χ2n) is 10.6. The largest absolute Gasteiger partial charge is 0.481 e. The molecule has 1 amide bonds. The monoisotopic (exact) mass is 483 g/mol. The van der Waals surface area contributed by atoms with Gasteiger partial charge in [0.25, 0.3) is 0 Å². The zero-order valence-corrected chi connectivity index (χ0v) is 20.9. The van der Waals surface area contributed by atoms with Crippen molar-refractivity contribution in [2.24, 2.45) is 11.8 Å². The molecule has 190 valence electrons. The highest BCUT2D eigenvalue weighted by Crippen LogP contribution is 2.40. The minimum atomic E-state index is -0.681. The van der Waals surface area contributed by atoms with E-state index in [1.54, 1.807) is 4.90 Å². The van der Waals surface area contributed by atoms with Gasteiger partial charge >= 0.3 is 12.1 Å². The van der Waals surface area contributed by atoms with Gasteiger partial charge in [-0.1, -0.05) is 6.07 Å². The van der Waals surface area contributed by atoms with Crippen LogP contribution in [0.25, 0.3) is 11.0 Å². The van der Waals surface area contributed by atoms with Crippen molar-refractivity contribution in [3.63, 3.8) is 0 Å². The molecule has 8 heteroatoms. The molecular formula is C27H37N3O5. The van der Waals surface area contributed by atoms with Crippen LogP contribution in [0.4, 0.5) is 4.79 Å². The lowest BCUT2D eigenvalue weighted by Gasteiger charge is -2.30. The van der Waals surface area contributed by atoms with Gasteiger partial charge in [0, 0.05) is 37.3 Å². The molecular weight excluding hydrogens is 446 g/mol. The van der Waals surface area contributed by atoms with Crippen LogP contribution in [0.1, 0.15) is 80.8 Å². The quantitative estimate of drug-likeness (QED) is 0.650. The molecule has 0 unspecified atom stereocenters. The number of benzene rings is 1. The number of ether oxygens (including phenoxy) is 2. The van der Waals surface area contributed by atoms with Gasteiger partial charge in [0.05, 0.1) is 30.6 Å². The number of carbonyl (C=O) groups is 2. The number of carboxylic acids is 1. The van der Waals surface area contributed by atoms with Gasteiger partial charge in [-0.3, -0.25) is 4.79 Å². The van der Waals surface area contributed by atoms with E-state index in [4.69, 9.17) is 14.5 Å². The maximum Gasteiger partial charge on any atom is 0.409 e. The first-order chi connectivity index (χ1) is 17.0. The van der Waals surface area contributed by atoms with Crippen molar-refractivity contribution in [1.82, 2.24) is 14.5 Å². The number of methoxy groups -OCH3 is 1. The number of rotatable bonds is 5. The minimum Gasteiger partial charge on any atom is -0.481 e. The number of hydrogen-bond donors (Lipinski definition) is 1. The Morgan fingerprint density at radius 1 is 1.23 bits per heavy atom. The number of nitrogens with zero attached hydrogens (tertiary/aromatic N) is 3. The summed E-state index contributed by atoms with van der Waals surface area (Å²) in [5.41, 5.74) is 4.47. The Morgan fingerprint density at radius 2 is 2.03 bits per heavy atom.